The molecule has 0 atom stereocenters. The summed E-state index contributed by atoms with van der Waals surface area (Å²) < 4.78 is 36.4. The number of benzene rings is 1. The highest BCUT2D eigenvalue weighted by Crippen LogP contribution is 2.35. The number of nitrogens with zero attached hydrogens (tertiary/aromatic N) is 1. The van der Waals surface area contributed by atoms with E-state index in [2.05, 4.69) is 10.3 Å². The minimum atomic E-state index is -2.59. The van der Waals surface area contributed by atoms with Crippen LogP contribution in [-0.4, -0.2) is 29.9 Å². The number of carbonyl (C=O) groups is 1. The molecule has 3 heterocycles. The Balaban J connectivity index is 1.55. The number of alkyl halides is 2. The number of halogens is 2. The lowest BCUT2D eigenvalue weighted by molar-refractivity contribution is 0.102. The van der Waals surface area contributed by atoms with Gasteiger partial charge in [0.1, 0.15) is 23.9 Å². The summed E-state index contributed by atoms with van der Waals surface area (Å²) in [5.41, 5.74) is 1.45. The molecule has 1 aliphatic rings. The van der Waals surface area contributed by atoms with Gasteiger partial charge in [-0.1, -0.05) is 17.8 Å². The summed E-state index contributed by atoms with van der Waals surface area (Å²) in [6.45, 7) is 1.00. The number of ether oxygens (including phenoxy) is 2. The van der Waals surface area contributed by atoms with Crippen LogP contribution >= 0.6 is 23.1 Å². The Morgan fingerprint density at radius 1 is 1.14 bits per heavy atom. The molecule has 0 fully saturated rings. The topological polar surface area (TPSA) is 60.5 Å². The van der Waals surface area contributed by atoms with Crippen molar-refractivity contribution < 1.29 is 23.0 Å². The van der Waals surface area contributed by atoms with Gasteiger partial charge in [-0.3, -0.25) is 4.79 Å². The maximum Gasteiger partial charge on any atom is 0.288 e. The smallest absolute Gasteiger partial charge is 0.288 e. The van der Waals surface area contributed by atoms with E-state index < -0.39 is 11.7 Å². The van der Waals surface area contributed by atoms with Gasteiger partial charge in [-0.25, -0.2) is 4.98 Å². The van der Waals surface area contributed by atoms with Gasteiger partial charge in [-0.05, 0) is 41.8 Å². The summed E-state index contributed by atoms with van der Waals surface area (Å²) >= 11 is 1.46. The fourth-order valence-corrected chi connectivity index (χ4v) is 4.29. The predicted molar refractivity (Wildman–Crippen MR) is 105 cm³/mol. The number of hydrogen-bond donors (Lipinski definition) is 1. The van der Waals surface area contributed by atoms with Gasteiger partial charge in [0, 0.05) is 10.5 Å². The molecule has 3 aromatic rings. The molecule has 0 radical (unpaired) electrons. The Kier molecular flexibility index (Phi) is 5.45. The van der Waals surface area contributed by atoms with Crippen molar-refractivity contribution in [2.75, 3.05) is 18.5 Å². The minimum absolute atomic E-state index is 0.233. The molecular weight excluding hydrogens is 406 g/mol. The molecule has 4 rings (SSSR count). The number of fused-ring (bicyclic) bond motifs is 1. The number of nitrogens with one attached hydrogen (secondary N) is 1. The van der Waals surface area contributed by atoms with E-state index in [1.165, 1.54) is 6.07 Å². The van der Waals surface area contributed by atoms with Crippen LogP contribution in [0.25, 0.3) is 11.3 Å². The first-order chi connectivity index (χ1) is 13.6. The molecule has 0 spiro atoms. The molecule has 1 aliphatic heterocycles. The molecule has 0 aliphatic carbocycles. The first-order valence-electron chi connectivity index (χ1n) is 8.31. The summed E-state index contributed by atoms with van der Waals surface area (Å²) in [6, 6.07) is 12.2. The molecule has 0 bridgehead atoms. The summed E-state index contributed by atoms with van der Waals surface area (Å²) in [5.74, 6) is -1.39. The van der Waals surface area contributed by atoms with E-state index in [4.69, 9.17) is 9.47 Å². The van der Waals surface area contributed by atoms with Crippen molar-refractivity contribution in [2.24, 2.45) is 0 Å². The van der Waals surface area contributed by atoms with Crippen LogP contribution in [0.5, 0.6) is 11.5 Å². The summed E-state index contributed by atoms with van der Waals surface area (Å²) in [6.07, 6.45) is 0. The van der Waals surface area contributed by atoms with Gasteiger partial charge in [0.05, 0.1) is 5.69 Å². The van der Waals surface area contributed by atoms with E-state index in [9.17, 15) is 13.6 Å². The number of amides is 1. The monoisotopic (exact) mass is 420 g/mol. The highest BCUT2D eigenvalue weighted by molar-refractivity contribution is 7.99. The van der Waals surface area contributed by atoms with Crippen LogP contribution in [0, 0.1) is 0 Å². The van der Waals surface area contributed by atoms with Gasteiger partial charge in [0.25, 0.3) is 11.7 Å². The van der Waals surface area contributed by atoms with Crippen molar-refractivity contribution in [3.8, 4) is 22.8 Å². The third kappa shape index (κ3) is 4.10. The summed E-state index contributed by atoms with van der Waals surface area (Å²) in [7, 11) is 0. The molecule has 9 heteroatoms. The van der Waals surface area contributed by atoms with Crippen molar-refractivity contribution in [3.63, 3.8) is 0 Å². The summed E-state index contributed by atoms with van der Waals surface area (Å²) in [4.78, 5) is 17.4. The quantitative estimate of drug-likeness (QED) is 0.579. The number of hydrogen-bond acceptors (Lipinski definition) is 6. The first-order valence-corrected chi connectivity index (χ1v) is 10.1. The van der Waals surface area contributed by atoms with Crippen LogP contribution in [0.2, 0.25) is 0 Å². The molecule has 1 amide bonds. The lowest BCUT2D eigenvalue weighted by Gasteiger charge is -2.18. The molecule has 0 unspecified atom stereocenters. The Labute approximate surface area is 167 Å². The van der Waals surface area contributed by atoms with Gasteiger partial charge in [-0.15, -0.1) is 11.3 Å². The van der Waals surface area contributed by atoms with E-state index in [1.54, 1.807) is 17.5 Å². The van der Waals surface area contributed by atoms with Crippen LogP contribution in [0.4, 0.5) is 14.6 Å². The highest BCUT2D eigenvalue weighted by atomic mass is 32.2. The third-order valence-electron chi connectivity index (χ3n) is 3.88. The minimum Gasteiger partial charge on any atom is -0.486 e. The second-order valence-corrected chi connectivity index (χ2v) is 7.66. The van der Waals surface area contributed by atoms with Crippen molar-refractivity contribution in [1.82, 2.24) is 4.98 Å². The van der Waals surface area contributed by atoms with Crippen molar-refractivity contribution >= 4 is 34.8 Å². The highest BCUT2D eigenvalue weighted by Gasteiger charge is 2.18. The molecule has 144 valence electrons. The summed E-state index contributed by atoms with van der Waals surface area (Å²) in [5, 5.41) is 4.29. The Bertz CT molecular complexity index is 1010. The Hall–Kier alpha value is -2.65. The normalized spacial score (nSPS) is 12.8. The van der Waals surface area contributed by atoms with Gasteiger partial charge >= 0.3 is 0 Å². The average molecular weight is 420 g/mol. The standard InChI is InChI=1S/C19H14F2N2O3S2/c20-19(21)28-15-6-9-27-17(15)18(24)23-16-3-1-2-12(22-16)11-4-5-13-14(10-11)26-8-7-25-13/h1-6,9-10,19H,7-8H2,(H,22,23,24). The predicted octanol–water partition coefficient (Wildman–Crippen LogP) is 5.15. The third-order valence-corrected chi connectivity index (χ3v) is 5.69. The average Bonchev–Trinajstić information content (AvgIpc) is 3.15. The fraction of sp³-hybridized carbons (Fsp3) is 0.158. The molecule has 28 heavy (non-hydrogen) atoms. The fourth-order valence-electron chi connectivity index (χ4n) is 2.69. The van der Waals surface area contributed by atoms with Gasteiger partial charge < -0.3 is 14.8 Å². The van der Waals surface area contributed by atoms with E-state index in [0.717, 1.165) is 16.9 Å². The van der Waals surface area contributed by atoms with E-state index in [-0.39, 0.29) is 9.77 Å². The molecule has 2 aromatic heterocycles. The van der Waals surface area contributed by atoms with Gasteiger partial charge in [0.15, 0.2) is 11.5 Å². The van der Waals surface area contributed by atoms with Crippen LogP contribution in [0.15, 0.2) is 52.7 Å². The zero-order chi connectivity index (χ0) is 19.5. The van der Waals surface area contributed by atoms with E-state index in [0.29, 0.717) is 48.0 Å². The molecule has 0 saturated carbocycles. The van der Waals surface area contributed by atoms with Gasteiger partial charge in [0.2, 0.25) is 0 Å². The second kappa shape index (κ2) is 8.15. The molecule has 1 aromatic carbocycles. The molecular formula is C19H14F2N2O3S2. The van der Waals surface area contributed by atoms with Crippen molar-refractivity contribution in [1.29, 1.82) is 0 Å². The maximum absolute atomic E-state index is 12.6. The number of thioether (sulfide) groups is 1. The Morgan fingerprint density at radius 3 is 2.79 bits per heavy atom. The van der Waals surface area contributed by atoms with Crippen LogP contribution in [-0.2, 0) is 0 Å². The van der Waals surface area contributed by atoms with Gasteiger partial charge in [-0.2, -0.15) is 8.78 Å². The van der Waals surface area contributed by atoms with Crippen molar-refractivity contribution in [3.05, 3.63) is 52.7 Å². The molecule has 1 N–H and O–H groups in total. The largest absolute Gasteiger partial charge is 0.486 e. The SMILES string of the molecule is O=C(Nc1cccc(-c2ccc3c(c2)OCCO3)n1)c1sccc1SC(F)F. The first kappa shape index (κ1) is 18.7. The molecule has 0 saturated heterocycles. The lowest BCUT2D eigenvalue weighted by atomic mass is 10.1. The van der Waals surface area contributed by atoms with Crippen LogP contribution in [0.3, 0.4) is 0 Å². The number of rotatable bonds is 5. The Morgan fingerprint density at radius 2 is 1.96 bits per heavy atom. The zero-order valence-electron chi connectivity index (χ0n) is 14.4. The number of thiophene rings is 1. The molecule has 5 nitrogen and oxygen atoms in total. The lowest BCUT2D eigenvalue weighted by Crippen LogP contribution is -2.15. The van der Waals surface area contributed by atoms with Crippen molar-refractivity contribution in [2.45, 2.75) is 10.7 Å². The number of pyridine rings is 1. The zero-order valence-corrected chi connectivity index (χ0v) is 16.0. The number of aromatic nitrogens is 1. The van der Waals surface area contributed by atoms with Crippen LogP contribution in [0.1, 0.15) is 9.67 Å². The number of anilines is 1. The van der Waals surface area contributed by atoms with E-state index >= 15 is 0 Å². The maximum atomic E-state index is 12.6. The second-order valence-electron chi connectivity index (χ2n) is 5.71. The van der Waals surface area contributed by atoms with E-state index in [1.807, 2.05) is 24.3 Å². The number of carbonyl (C=O) groups excluding carboxylic acids is 1. The van der Waals surface area contributed by atoms with Crippen LogP contribution < -0.4 is 14.8 Å².